The van der Waals surface area contributed by atoms with Crippen LogP contribution >= 0.6 is 10.6 Å². The van der Waals surface area contributed by atoms with Crippen LogP contribution in [0.5, 0.6) is 0 Å². The standard InChI is InChI=1S/C24H32F2N2O5S/c1-3-15-5-6-17-13-34(32,33)14-21(20(17)9-15)27-12-23(29)22(28(4-2)24(30)31)10-16-7-18(25)11-19(26)8-16/h5-9,11,21-23,27,29,32-33H,3-4,10,12-14H2,1-2H3,(H,30,31)/t21-,22-,23-/m0/s1. The number of aliphatic hydroxyl groups excluding tert-OH is 1. The molecule has 3 rings (SSSR count). The lowest BCUT2D eigenvalue weighted by atomic mass is 9.96. The third kappa shape index (κ3) is 6.45. The first kappa shape index (κ1) is 26.4. The fourth-order valence-electron chi connectivity index (χ4n) is 4.49. The van der Waals surface area contributed by atoms with Crippen LogP contribution in [0.4, 0.5) is 13.6 Å². The minimum absolute atomic E-state index is 0.0533. The Bertz CT molecular complexity index is 1000. The number of halogens is 2. The van der Waals surface area contributed by atoms with Crippen LogP contribution in [0.15, 0.2) is 36.4 Å². The van der Waals surface area contributed by atoms with E-state index in [9.17, 15) is 32.9 Å². The highest BCUT2D eigenvalue weighted by Crippen LogP contribution is 2.50. The summed E-state index contributed by atoms with van der Waals surface area (Å²) in [5, 5.41) is 23.8. The maximum Gasteiger partial charge on any atom is 0.407 e. The van der Waals surface area contributed by atoms with Crippen LogP contribution in [-0.2, 0) is 18.6 Å². The molecule has 7 nitrogen and oxygen atoms in total. The molecule has 0 aromatic heterocycles. The first-order chi connectivity index (χ1) is 16.0. The van der Waals surface area contributed by atoms with Gasteiger partial charge in [-0.15, -0.1) is 0 Å². The maximum atomic E-state index is 13.7. The van der Waals surface area contributed by atoms with Crippen molar-refractivity contribution in [1.82, 2.24) is 10.2 Å². The fourth-order valence-corrected chi connectivity index (χ4v) is 6.20. The summed E-state index contributed by atoms with van der Waals surface area (Å²) in [6.07, 6.45) is -1.75. The normalized spacial score (nSPS) is 19.7. The predicted octanol–water partition coefficient (Wildman–Crippen LogP) is 4.39. The van der Waals surface area contributed by atoms with E-state index in [1.54, 1.807) is 6.92 Å². The molecule has 3 atom stereocenters. The lowest BCUT2D eigenvalue weighted by Gasteiger charge is -2.42. The van der Waals surface area contributed by atoms with Gasteiger partial charge in [-0.1, -0.05) is 25.1 Å². The molecular formula is C24H32F2N2O5S. The molecule has 34 heavy (non-hydrogen) atoms. The van der Waals surface area contributed by atoms with Crippen molar-refractivity contribution in [3.05, 3.63) is 70.3 Å². The van der Waals surface area contributed by atoms with Crippen LogP contribution in [0.25, 0.3) is 0 Å². The Balaban J connectivity index is 1.82. The van der Waals surface area contributed by atoms with Gasteiger partial charge in [0.1, 0.15) is 11.6 Å². The van der Waals surface area contributed by atoms with Crippen molar-refractivity contribution in [3.63, 3.8) is 0 Å². The van der Waals surface area contributed by atoms with E-state index in [4.69, 9.17) is 0 Å². The molecule has 2 aromatic rings. The van der Waals surface area contributed by atoms with E-state index >= 15 is 0 Å². The molecule has 1 aliphatic heterocycles. The average Bonchev–Trinajstić information content (AvgIpc) is 2.75. The molecule has 0 saturated heterocycles. The summed E-state index contributed by atoms with van der Waals surface area (Å²) >= 11 is 0. The quantitative estimate of drug-likeness (QED) is 0.350. The van der Waals surface area contributed by atoms with Crippen molar-refractivity contribution in [2.24, 2.45) is 0 Å². The number of hydrogen-bond donors (Lipinski definition) is 5. The van der Waals surface area contributed by atoms with Crippen LogP contribution in [0, 0.1) is 11.6 Å². The van der Waals surface area contributed by atoms with Crippen molar-refractivity contribution < 1.29 is 32.9 Å². The summed E-state index contributed by atoms with van der Waals surface area (Å²) in [5.41, 5.74) is 3.07. The molecule has 5 N–H and O–H groups in total. The number of carboxylic acid groups (broad SMARTS) is 1. The number of nitrogens with zero attached hydrogens (tertiary/aromatic N) is 1. The first-order valence-electron chi connectivity index (χ1n) is 11.2. The molecule has 0 bridgehead atoms. The Hall–Kier alpha value is -2.24. The molecule has 1 amide bonds. The van der Waals surface area contributed by atoms with Gasteiger partial charge in [-0.25, -0.2) is 13.6 Å². The fraction of sp³-hybridized carbons (Fsp3) is 0.458. The Kier molecular flexibility index (Phi) is 8.53. The van der Waals surface area contributed by atoms with Gasteiger partial charge in [-0.2, -0.15) is 10.6 Å². The van der Waals surface area contributed by atoms with Crippen LogP contribution in [0.1, 0.15) is 42.1 Å². The molecule has 1 aliphatic rings. The second-order valence-corrected chi connectivity index (χ2v) is 10.9. The number of likely N-dealkylation sites (N-methyl/N-ethyl adjacent to an activating group) is 1. The Morgan fingerprint density at radius 3 is 2.41 bits per heavy atom. The van der Waals surface area contributed by atoms with Gasteiger partial charge in [0.15, 0.2) is 0 Å². The molecule has 0 spiro atoms. The summed E-state index contributed by atoms with van der Waals surface area (Å²) in [7, 11) is -2.86. The Morgan fingerprint density at radius 2 is 1.82 bits per heavy atom. The molecule has 10 heteroatoms. The van der Waals surface area contributed by atoms with Gasteiger partial charge in [-0.3, -0.25) is 9.11 Å². The van der Waals surface area contributed by atoms with Gasteiger partial charge in [0.05, 0.1) is 29.7 Å². The zero-order chi connectivity index (χ0) is 25.0. The van der Waals surface area contributed by atoms with E-state index in [2.05, 4.69) is 5.32 Å². The molecule has 0 fully saturated rings. The van der Waals surface area contributed by atoms with Gasteiger partial charge in [0, 0.05) is 19.2 Å². The zero-order valence-corrected chi connectivity index (χ0v) is 20.1. The van der Waals surface area contributed by atoms with Crippen LogP contribution in [0.2, 0.25) is 0 Å². The monoisotopic (exact) mass is 498 g/mol. The molecule has 0 saturated carbocycles. The minimum atomic E-state index is -2.86. The first-order valence-corrected chi connectivity index (χ1v) is 13.1. The van der Waals surface area contributed by atoms with Crippen molar-refractivity contribution >= 4 is 16.7 Å². The third-order valence-electron chi connectivity index (χ3n) is 6.19. The summed E-state index contributed by atoms with van der Waals surface area (Å²) in [6, 6.07) is 7.40. The predicted molar refractivity (Wildman–Crippen MR) is 128 cm³/mol. The average molecular weight is 499 g/mol. The number of rotatable bonds is 9. The van der Waals surface area contributed by atoms with Crippen molar-refractivity contribution in [3.8, 4) is 0 Å². The molecular weight excluding hydrogens is 466 g/mol. The van der Waals surface area contributed by atoms with Gasteiger partial charge in [0.25, 0.3) is 0 Å². The van der Waals surface area contributed by atoms with E-state index in [1.165, 1.54) is 0 Å². The largest absolute Gasteiger partial charge is 0.465 e. The highest BCUT2D eigenvalue weighted by atomic mass is 32.3. The summed E-state index contributed by atoms with van der Waals surface area (Å²) < 4.78 is 48.2. The van der Waals surface area contributed by atoms with E-state index in [-0.39, 0.29) is 36.6 Å². The van der Waals surface area contributed by atoms with Crippen molar-refractivity contribution in [2.45, 2.75) is 50.6 Å². The molecule has 0 unspecified atom stereocenters. The van der Waals surface area contributed by atoms with Crippen molar-refractivity contribution in [2.75, 3.05) is 18.8 Å². The smallest absolute Gasteiger partial charge is 0.407 e. The van der Waals surface area contributed by atoms with Crippen LogP contribution in [0.3, 0.4) is 0 Å². The van der Waals surface area contributed by atoms with Gasteiger partial charge >= 0.3 is 6.09 Å². The second kappa shape index (κ2) is 11.0. The Morgan fingerprint density at radius 1 is 1.15 bits per heavy atom. The van der Waals surface area contributed by atoms with Crippen LogP contribution in [-0.4, -0.2) is 61.3 Å². The summed E-state index contributed by atoms with van der Waals surface area (Å²) in [6.45, 7) is 3.66. The lowest BCUT2D eigenvalue weighted by Crippen LogP contribution is -2.51. The second-order valence-electron chi connectivity index (χ2n) is 8.65. The minimum Gasteiger partial charge on any atom is -0.465 e. The SMILES string of the molecule is CCc1ccc2c(c1)[C@@H](NC[C@H](O)[C@H](Cc1cc(F)cc(F)c1)N(CC)C(=O)O)CS(O)(O)C2. The number of hydrogen-bond acceptors (Lipinski definition) is 5. The lowest BCUT2D eigenvalue weighted by molar-refractivity contribution is 0.0490. The van der Waals surface area contributed by atoms with E-state index in [1.807, 2.05) is 25.1 Å². The Labute approximate surface area is 199 Å². The van der Waals surface area contributed by atoms with Gasteiger partial charge in [-0.05, 0) is 54.2 Å². The third-order valence-corrected chi connectivity index (χ3v) is 7.83. The molecule has 1 heterocycles. The topological polar surface area (TPSA) is 113 Å². The summed E-state index contributed by atoms with van der Waals surface area (Å²) in [5.74, 6) is -1.31. The number of nitrogens with one attached hydrogen (secondary N) is 1. The van der Waals surface area contributed by atoms with Gasteiger partial charge < -0.3 is 20.4 Å². The molecule has 2 aromatic carbocycles. The number of amides is 1. The maximum absolute atomic E-state index is 13.7. The zero-order valence-electron chi connectivity index (χ0n) is 19.2. The van der Waals surface area contributed by atoms with E-state index in [0.29, 0.717) is 0 Å². The number of aryl methyl sites for hydroxylation is 1. The highest BCUT2D eigenvalue weighted by molar-refractivity contribution is 8.23. The molecule has 188 valence electrons. The number of benzene rings is 2. The summed E-state index contributed by atoms with van der Waals surface area (Å²) in [4.78, 5) is 12.8. The number of carbonyl (C=O) groups is 1. The van der Waals surface area contributed by atoms with E-state index in [0.717, 1.165) is 46.2 Å². The van der Waals surface area contributed by atoms with Crippen LogP contribution < -0.4 is 5.32 Å². The van der Waals surface area contributed by atoms with Crippen molar-refractivity contribution in [1.29, 1.82) is 0 Å². The number of fused-ring (bicyclic) bond motifs is 1. The molecule has 0 radical (unpaired) electrons. The number of aliphatic hydroxyl groups is 1. The molecule has 0 aliphatic carbocycles. The van der Waals surface area contributed by atoms with Gasteiger partial charge in [0.2, 0.25) is 0 Å². The van der Waals surface area contributed by atoms with E-state index < -0.39 is 46.5 Å². The highest BCUT2D eigenvalue weighted by Gasteiger charge is 2.33.